The van der Waals surface area contributed by atoms with Crippen LogP contribution in [0, 0.1) is 0 Å². The van der Waals surface area contributed by atoms with Crippen molar-refractivity contribution in [3.05, 3.63) is 0 Å². The third kappa shape index (κ3) is 6.85. The van der Waals surface area contributed by atoms with Crippen LogP contribution in [-0.4, -0.2) is 22.1 Å². The summed E-state index contributed by atoms with van der Waals surface area (Å²) in [6.07, 6.45) is 2.92. The van der Waals surface area contributed by atoms with Crippen LogP contribution in [0.3, 0.4) is 0 Å². The van der Waals surface area contributed by atoms with Crippen LogP contribution < -0.4 is 5.73 Å². The second-order valence-electron chi connectivity index (χ2n) is 2.55. The molecule has 0 aliphatic carbocycles. The summed E-state index contributed by atoms with van der Waals surface area (Å²) >= 11 is 0. The normalized spacial score (nSPS) is 11.5. The third-order valence-electron chi connectivity index (χ3n) is 1.45. The summed E-state index contributed by atoms with van der Waals surface area (Å²) in [6, 6.07) is 0. The molecule has 0 fully saturated rings. The number of aliphatic carboxylic acids is 1. The van der Waals surface area contributed by atoms with Gasteiger partial charge in [0.1, 0.15) is 5.84 Å². The van der Waals surface area contributed by atoms with Gasteiger partial charge >= 0.3 is 5.97 Å². The summed E-state index contributed by atoms with van der Waals surface area (Å²) in [7, 11) is 0. The van der Waals surface area contributed by atoms with E-state index in [1.807, 2.05) is 0 Å². The molecule has 0 atom stereocenters. The molecule has 5 nitrogen and oxygen atoms in total. The molecule has 0 aliphatic rings. The van der Waals surface area contributed by atoms with Crippen molar-refractivity contribution in [2.45, 2.75) is 32.1 Å². The van der Waals surface area contributed by atoms with Crippen molar-refractivity contribution < 1.29 is 15.1 Å². The first kappa shape index (κ1) is 10.7. The number of oxime groups is 1. The molecule has 5 heteroatoms. The molecule has 0 saturated carbocycles. The smallest absolute Gasteiger partial charge is 0.303 e. The van der Waals surface area contributed by atoms with Gasteiger partial charge in [0.25, 0.3) is 0 Å². The van der Waals surface area contributed by atoms with E-state index in [4.69, 9.17) is 16.0 Å². The van der Waals surface area contributed by atoms with Gasteiger partial charge in [0, 0.05) is 12.8 Å². The maximum absolute atomic E-state index is 10.1. The maximum Gasteiger partial charge on any atom is 0.303 e. The molecular weight excluding hydrogens is 160 g/mol. The van der Waals surface area contributed by atoms with E-state index >= 15 is 0 Å². The molecule has 70 valence electrons. The quantitative estimate of drug-likeness (QED) is 0.182. The first-order valence-electron chi connectivity index (χ1n) is 3.85. The number of carboxylic acid groups (broad SMARTS) is 1. The highest BCUT2D eigenvalue weighted by atomic mass is 16.4. The van der Waals surface area contributed by atoms with Crippen molar-refractivity contribution in [1.29, 1.82) is 0 Å². The topological polar surface area (TPSA) is 95.9 Å². The molecule has 0 spiro atoms. The molecule has 12 heavy (non-hydrogen) atoms. The number of hydrogen-bond acceptors (Lipinski definition) is 3. The standard InChI is InChI=1S/C7H14N2O3/c8-6(9-12)4-2-1-3-5-7(10)11/h12H,1-5H2,(H2,8,9)(H,10,11). The summed E-state index contributed by atoms with van der Waals surface area (Å²) in [5.41, 5.74) is 5.20. The lowest BCUT2D eigenvalue weighted by Gasteiger charge is -1.97. The van der Waals surface area contributed by atoms with Gasteiger partial charge in [-0.1, -0.05) is 11.6 Å². The highest BCUT2D eigenvalue weighted by molar-refractivity contribution is 5.79. The summed E-state index contributed by atoms with van der Waals surface area (Å²) in [5.74, 6) is -0.580. The molecule has 0 rings (SSSR count). The molecule has 0 saturated heterocycles. The fourth-order valence-corrected chi connectivity index (χ4v) is 0.809. The Labute approximate surface area is 70.9 Å². The van der Waals surface area contributed by atoms with Crippen molar-refractivity contribution in [3.8, 4) is 0 Å². The number of carbonyl (C=O) groups is 1. The molecule has 0 heterocycles. The first-order chi connectivity index (χ1) is 5.66. The number of amidine groups is 1. The highest BCUT2D eigenvalue weighted by Gasteiger charge is 1.97. The number of carboxylic acids is 1. The number of rotatable bonds is 6. The summed E-state index contributed by atoms with van der Waals surface area (Å²) in [4.78, 5) is 10.1. The number of nitrogens with two attached hydrogens (primary N) is 1. The Hall–Kier alpha value is -1.26. The van der Waals surface area contributed by atoms with Crippen LogP contribution in [0.15, 0.2) is 5.16 Å². The van der Waals surface area contributed by atoms with Crippen LogP contribution in [-0.2, 0) is 4.79 Å². The average Bonchev–Trinajstić information content (AvgIpc) is 2.03. The predicted molar refractivity (Wildman–Crippen MR) is 44.1 cm³/mol. The van der Waals surface area contributed by atoms with Crippen LogP contribution in [0.2, 0.25) is 0 Å². The van der Waals surface area contributed by atoms with Crippen LogP contribution in [0.25, 0.3) is 0 Å². The average molecular weight is 174 g/mol. The Morgan fingerprint density at radius 1 is 1.25 bits per heavy atom. The van der Waals surface area contributed by atoms with E-state index in [0.717, 1.165) is 12.8 Å². The molecule has 4 N–H and O–H groups in total. The zero-order valence-electron chi connectivity index (χ0n) is 6.86. The van der Waals surface area contributed by atoms with E-state index in [0.29, 0.717) is 12.8 Å². The van der Waals surface area contributed by atoms with Gasteiger partial charge in [0.05, 0.1) is 0 Å². The van der Waals surface area contributed by atoms with Crippen molar-refractivity contribution >= 4 is 11.8 Å². The Bertz CT molecular complexity index is 168. The zero-order chi connectivity index (χ0) is 9.40. The fraction of sp³-hybridized carbons (Fsp3) is 0.714. The summed E-state index contributed by atoms with van der Waals surface area (Å²) < 4.78 is 0. The minimum absolute atomic E-state index is 0.191. The minimum atomic E-state index is -0.779. The van der Waals surface area contributed by atoms with Gasteiger partial charge in [-0.3, -0.25) is 4.79 Å². The monoisotopic (exact) mass is 174 g/mol. The molecule has 0 amide bonds. The Morgan fingerprint density at radius 2 is 1.83 bits per heavy atom. The first-order valence-corrected chi connectivity index (χ1v) is 3.85. The number of hydrogen-bond donors (Lipinski definition) is 3. The van der Waals surface area contributed by atoms with Crippen molar-refractivity contribution in [2.24, 2.45) is 10.9 Å². The lowest BCUT2D eigenvalue weighted by atomic mass is 10.1. The maximum atomic E-state index is 10.1. The van der Waals surface area contributed by atoms with Gasteiger partial charge in [0.15, 0.2) is 0 Å². The van der Waals surface area contributed by atoms with Gasteiger partial charge in [0.2, 0.25) is 0 Å². The number of unbranched alkanes of at least 4 members (excludes halogenated alkanes) is 2. The van der Waals surface area contributed by atoms with Gasteiger partial charge in [-0.15, -0.1) is 0 Å². The molecular formula is C7H14N2O3. The molecule has 0 aromatic carbocycles. The Balaban J connectivity index is 3.16. The largest absolute Gasteiger partial charge is 0.481 e. The molecule has 0 aliphatic heterocycles. The van der Waals surface area contributed by atoms with Crippen LogP contribution in [0.5, 0.6) is 0 Å². The van der Waals surface area contributed by atoms with E-state index in [1.54, 1.807) is 0 Å². The minimum Gasteiger partial charge on any atom is -0.481 e. The van der Waals surface area contributed by atoms with Gasteiger partial charge in [-0.25, -0.2) is 0 Å². The Morgan fingerprint density at radius 3 is 2.33 bits per heavy atom. The van der Waals surface area contributed by atoms with E-state index in [9.17, 15) is 4.79 Å². The highest BCUT2D eigenvalue weighted by Crippen LogP contribution is 2.02. The van der Waals surface area contributed by atoms with Crippen molar-refractivity contribution in [1.82, 2.24) is 0 Å². The summed E-state index contributed by atoms with van der Waals surface area (Å²) in [6.45, 7) is 0. The lowest BCUT2D eigenvalue weighted by Crippen LogP contribution is -2.10. The van der Waals surface area contributed by atoms with E-state index in [1.165, 1.54) is 0 Å². The van der Waals surface area contributed by atoms with Gasteiger partial charge in [-0.2, -0.15) is 0 Å². The van der Waals surface area contributed by atoms with Crippen molar-refractivity contribution in [2.75, 3.05) is 0 Å². The second kappa shape index (κ2) is 6.45. The van der Waals surface area contributed by atoms with Gasteiger partial charge in [-0.05, 0) is 12.8 Å². The predicted octanol–water partition coefficient (Wildman–Crippen LogP) is 0.768. The van der Waals surface area contributed by atoms with Crippen LogP contribution >= 0.6 is 0 Å². The molecule has 0 bridgehead atoms. The molecule has 0 aromatic heterocycles. The van der Waals surface area contributed by atoms with E-state index in [2.05, 4.69) is 5.16 Å². The molecule has 0 unspecified atom stereocenters. The van der Waals surface area contributed by atoms with Crippen LogP contribution in [0.1, 0.15) is 32.1 Å². The SMILES string of the molecule is N/C(CCCCCC(=O)O)=N\O. The zero-order valence-corrected chi connectivity index (χ0v) is 6.86. The Kier molecular flexibility index (Phi) is 5.77. The lowest BCUT2D eigenvalue weighted by molar-refractivity contribution is -0.137. The second-order valence-corrected chi connectivity index (χ2v) is 2.55. The number of nitrogens with zero attached hydrogens (tertiary/aromatic N) is 1. The van der Waals surface area contributed by atoms with E-state index in [-0.39, 0.29) is 12.3 Å². The fourth-order valence-electron chi connectivity index (χ4n) is 0.809. The van der Waals surface area contributed by atoms with Crippen LogP contribution in [0.4, 0.5) is 0 Å². The third-order valence-corrected chi connectivity index (χ3v) is 1.45. The molecule has 0 radical (unpaired) electrons. The summed E-state index contributed by atoms with van der Waals surface area (Å²) in [5, 5.41) is 19.2. The van der Waals surface area contributed by atoms with Crippen molar-refractivity contribution in [3.63, 3.8) is 0 Å². The van der Waals surface area contributed by atoms with Gasteiger partial charge < -0.3 is 16.0 Å². The van der Waals surface area contributed by atoms with E-state index < -0.39 is 5.97 Å². The molecule has 0 aromatic rings.